The molecule has 0 saturated carbocycles. The molecule has 0 saturated heterocycles. The summed E-state index contributed by atoms with van der Waals surface area (Å²) in [4.78, 5) is 0. The largest absolute Gasteiger partial charge is 0.493 e. The van der Waals surface area contributed by atoms with Crippen LogP contribution in [0.25, 0.3) is 0 Å². The van der Waals surface area contributed by atoms with Crippen LogP contribution in [-0.2, 0) is 6.42 Å². The van der Waals surface area contributed by atoms with Gasteiger partial charge in [-0.05, 0) is 50.9 Å². The van der Waals surface area contributed by atoms with Crippen molar-refractivity contribution >= 4 is 0 Å². The van der Waals surface area contributed by atoms with Crippen LogP contribution in [0, 0.1) is 0 Å². The SMILES string of the molecule is COc1ccc(CCNC(C)(C)CCO)cc1OC. The molecule has 0 fully saturated rings. The molecule has 0 atom stereocenters. The Kier molecular flexibility index (Phi) is 6.12. The van der Waals surface area contributed by atoms with Crippen LogP contribution in [0.1, 0.15) is 25.8 Å². The van der Waals surface area contributed by atoms with Crippen molar-refractivity contribution in [3.8, 4) is 11.5 Å². The average molecular weight is 267 g/mol. The minimum atomic E-state index is -0.0364. The van der Waals surface area contributed by atoms with Gasteiger partial charge in [-0.3, -0.25) is 0 Å². The fourth-order valence-electron chi connectivity index (χ4n) is 1.95. The number of ether oxygens (including phenoxy) is 2. The summed E-state index contributed by atoms with van der Waals surface area (Å²) in [6, 6.07) is 5.97. The number of rotatable bonds is 8. The summed E-state index contributed by atoms with van der Waals surface area (Å²) in [5, 5.41) is 12.4. The molecular weight excluding hydrogens is 242 g/mol. The third-order valence-electron chi connectivity index (χ3n) is 3.20. The number of methoxy groups -OCH3 is 2. The topological polar surface area (TPSA) is 50.7 Å². The van der Waals surface area contributed by atoms with Crippen LogP contribution in [0.5, 0.6) is 11.5 Å². The molecule has 0 radical (unpaired) electrons. The summed E-state index contributed by atoms with van der Waals surface area (Å²) in [6.07, 6.45) is 1.66. The Morgan fingerprint density at radius 3 is 2.42 bits per heavy atom. The Hall–Kier alpha value is -1.26. The normalized spacial score (nSPS) is 11.4. The first-order valence-electron chi connectivity index (χ1n) is 6.59. The minimum Gasteiger partial charge on any atom is -0.493 e. The lowest BCUT2D eigenvalue weighted by molar-refractivity contribution is 0.231. The van der Waals surface area contributed by atoms with Crippen LogP contribution in [-0.4, -0.2) is 38.0 Å². The average Bonchev–Trinajstić information content (AvgIpc) is 2.38. The second kappa shape index (κ2) is 7.36. The molecule has 19 heavy (non-hydrogen) atoms. The highest BCUT2D eigenvalue weighted by Crippen LogP contribution is 2.27. The maximum Gasteiger partial charge on any atom is 0.160 e. The molecule has 0 bridgehead atoms. The Bertz CT molecular complexity index is 391. The second-order valence-electron chi connectivity index (χ2n) is 5.22. The van der Waals surface area contributed by atoms with Gasteiger partial charge in [0.15, 0.2) is 11.5 Å². The van der Waals surface area contributed by atoms with Crippen molar-refractivity contribution in [2.75, 3.05) is 27.4 Å². The zero-order valence-electron chi connectivity index (χ0n) is 12.3. The van der Waals surface area contributed by atoms with E-state index in [0.29, 0.717) is 0 Å². The fourth-order valence-corrected chi connectivity index (χ4v) is 1.95. The van der Waals surface area contributed by atoms with Crippen LogP contribution >= 0.6 is 0 Å². The van der Waals surface area contributed by atoms with E-state index in [1.807, 2.05) is 18.2 Å². The van der Waals surface area contributed by atoms with Gasteiger partial charge in [0.05, 0.1) is 14.2 Å². The highest BCUT2D eigenvalue weighted by molar-refractivity contribution is 5.42. The van der Waals surface area contributed by atoms with Gasteiger partial charge in [0.25, 0.3) is 0 Å². The third kappa shape index (κ3) is 5.09. The molecule has 108 valence electrons. The standard InChI is InChI=1S/C15H25NO3/c1-15(2,8-10-17)16-9-7-12-5-6-13(18-3)14(11-12)19-4/h5-6,11,16-17H,7-10H2,1-4H3. The van der Waals surface area contributed by atoms with Gasteiger partial charge in [-0.2, -0.15) is 0 Å². The first-order valence-corrected chi connectivity index (χ1v) is 6.59. The molecule has 1 rings (SSSR count). The van der Waals surface area contributed by atoms with Crippen LogP contribution in [0.2, 0.25) is 0 Å². The van der Waals surface area contributed by atoms with E-state index < -0.39 is 0 Å². The predicted octanol–water partition coefficient (Wildman–Crippen LogP) is 2.00. The molecule has 0 aliphatic rings. The van der Waals surface area contributed by atoms with E-state index in [4.69, 9.17) is 14.6 Å². The first kappa shape index (κ1) is 15.8. The number of aliphatic hydroxyl groups excluding tert-OH is 1. The van der Waals surface area contributed by atoms with Gasteiger partial charge >= 0.3 is 0 Å². The van der Waals surface area contributed by atoms with Gasteiger partial charge in [0.1, 0.15) is 0 Å². The lowest BCUT2D eigenvalue weighted by atomic mass is 10.0. The van der Waals surface area contributed by atoms with E-state index in [-0.39, 0.29) is 12.1 Å². The second-order valence-corrected chi connectivity index (χ2v) is 5.22. The number of hydrogen-bond acceptors (Lipinski definition) is 4. The van der Waals surface area contributed by atoms with Gasteiger partial charge in [-0.1, -0.05) is 6.07 Å². The lowest BCUT2D eigenvalue weighted by Crippen LogP contribution is -2.41. The predicted molar refractivity (Wildman–Crippen MR) is 77.0 cm³/mol. The van der Waals surface area contributed by atoms with Gasteiger partial charge in [0.2, 0.25) is 0 Å². The fraction of sp³-hybridized carbons (Fsp3) is 0.600. The molecule has 0 aromatic heterocycles. The van der Waals surface area contributed by atoms with Crippen LogP contribution < -0.4 is 14.8 Å². The highest BCUT2D eigenvalue weighted by atomic mass is 16.5. The molecule has 0 amide bonds. The summed E-state index contributed by atoms with van der Waals surface area (Å²) in [7, 11) is 3.28. The highest BCUT2D eigenvalue weighted by Gasteiger charge is 2.15. The van der Waals surface area contributed by atoms with Crippen molar-refractivity contribution in [3.05, 3.63) is 23.8 Å². The van der Waals surface area contributed by atoms with Crippen LogP contribution in [0.4, 0.5) is 0 Å². The van der Waals surface area contributed by atoms with Gasteiger partial charge in [-0.25, -0.2) is 0 Å². The molecule has 0 unspecified atom stereocenters. The quantitative estimate of drug-likeness (QED) is 0.756. The van der Waals surface area contributed by atoms with Crippen LogP contribution in [0.3, 0.4) is 0 Å². The molecule has 1 aromatic rings. The first-order chi connectivity index (χ1) is 9.02. The summed E-state index contributed by atoms with van der Waals surface area (Å²) in [6.45, 7) is 5.26. The van der Waals surface area contributed by atoms with E-state index in [1.165, 1.54) is 5.56 Å². The van der Waals surface area contributed by atoms with Gasteiger partial charge in [0, 0.05) is 12.1 Å². The summed E-state index contributed by atoms with van der Waals surface area (Å²) in [5.41, 5.74) is 1.16. The maximum atomic E-state index is 8.97. The lowest BCUT2D eigenvalue weighted by Gasteiger charge is -2.25. The van der Waals surface area contributed by atoms with Crippen molar-refractivity contribution in [2.24, 2.45) is 0 Å². The number of aliphatic hydroxyl groups is 1. The molecule has 4 nitrogen and oxygen atoms in total. The molecule has 0 aliphatic heterocycles. The van der Waals surface area contributed by atoms with E-state index in [2.05, 4.69) is 19.2 Å². The summed E-state index contributed by atoms with van der Waals surface area (Å²) in [5.74, 6) is 1.51. The van der Waals surface area contributed by atoms with Crippen molar-refractivity contribution in [3.63, 3.8) is 0 Å². The maximum absolute atomic E-state index is 8.97. The van der Waals surface area contributed by atoms with Crippen molar-refractivity contribution in [2.45, 2.75) is 32.2 Å². The number of nitrogens with one attached hydrogen (secondary N) is 1. The molecular formula is C15H25NO3. The smallest absolute Gasteiger partial charge is 0.160 e. The Balaban J connectivity index is 2.54. The zero-order chi connectivity index (χ0) is 14.3. The molecule has 1 aromatic carbocycles. The molecule has 4 heteroatoms. The number of hydrogen-bond donors (Lipinski definition) is 2. The Morgan fingerprint density at radius 1 is 1.16 bits per heavy atom. The van der Waals surface area contributed by atoms with E-state index in [9.17, 15) is 0 Å². The third-order valence-corrected chi connectivity index (χ3v) is 3.20. The van der Waals surface area contributed by atoms with E-state index in [1.54, 1.807) is 14.2 Å². The van der Waals surface area contributed by atoms with Crippen molar-refractivity contribution in [1.29, 1.82) is 0 Å². The zero-order valence-corrected chi connectivity index (χ0v) is 12.3. The Morgan fingerprint density at radius 2 is 1.84 bits per heavy atom. The van der Waals surface area contributed by atoms with E-state index in [0.717, 1.165) is 30.9 Å². The molecule has 2 N–H and O–H groups in total. The van der Waals surface area contributed by atoms with E-state index >= 15 is 0 Å². The van der Waals surface area contributed by atoms with Crippen molar-refractivity contribution in [1.82, 2.24) is 5.32 Å². The summed E-state index contributed by atoms with van der Waals surface area (Å²) >= 11 is 0. The minimum absolute atomic E-state index is 0.0364. The molecule has 0 heterocycles. The monoisotopic (exact) mass is 267 g/mol. The Labute approximate surface area is 115 Å². The summed E-state index contributed by atoms with van der Waals surface area (Å²) < 4.78 is 10.5. The van der Waals surface area contributed by atoms with Gasteiger partial charge < -0.3 is 19.9 Å². The molecule has 0 spiro atoms. The molecule has 0 aliphatic carbocycles. The van der Waals surface area contributed by atoms with Gasteiger partial charge in [-0.15, -0.1) is 0 Å². The number of benzene rings is 1. The van der Waals surface area contributed by atoms with Crippen molar-refractivity contribution < 1.29 is 14.6 Å². The van der Waals surface area contributed by atoms with Crippen LogP contribution in [0.15, 0.2) is 18.2 Å².